The molecule has 1 aromatic rings. The van der Waals surface area contributed by atoms with Gasteiger partial charge in [-0.3, -0.25) is 0 Å². The van der Waals surface area contributed by atoms with Crippen molar-refractivity contribution in [1.82, 2.24) is 0 Å². The summed E-state index contributed by atoms with van der Waals surface area (Å²) in [6, 6.07) is 6.06. The van der Waals surface area contributed by atoms with Crippen molar-refractivity contribution < 1.29 is 4.74 Å². The van der Waals surface area contributed by atoms with E-state index < -0.39 is 0 Å². The SMILES string of the molecule is CC(C)(C)C1CC(N)c2c(Br)cccc2O1. The lowest BCUT2D eigenvalue weighted by Crippen LogP contribution is -2.38. The second-order valence-electron chi connectivity index (χ2n) is 5.47. The molecule has 1 aliphatic rings. The predicted octanol–water partition coefficient (Wildman–Crippen LogP) is 3.65. The number of rotatable bonds is 0. The van der Waals surface area contributed by atoms with Gasteiger partial charge in [-0.1, -0.05) is 42.8 Å². The highest BCUT2D eigenvalue weighted by Crippen LogP contribution is 2.42. The van der Waals surface area contributed by atoms with Crippen LogP contribution in [-0.4, -0.2) is 6.10 Å². The van der Waals surface area contributed by atoms with Crippen molar-refractivity contribution >= 4 is 15.9 Å². The fraction of sp³-hybridized carbons (Fsp3) is 0.538. The van der Waals surface area contributed by atoms with Crippen LogP contribution in [-0.2, 0) is 0 Å². The molecule has 1 aromatic carbocycles. The molecule has 0 aromatic heterocycles. The van der Waals surface area contributed by atoms with Crippen molar-refractivity contribution in [1.29, 1.82) is 0 Å². The molecule has 2 nitrogen and oxygen atoms in total. The Balaban J connectivity index is 2.38. The minimum atomic E-state index is 0.0588. The topological polar surface area (TPSA) is 35.2 Å². The van der Waals surface area contributed by atoms with Crippen LogP contribution in [0.5, 0.6) is 5.75 Å². The third-order valence-electron chi connectivity index (χ3n) is 3.09. The van der Waals surface area contributed by atoms with Crippen LogP contribution in [0.25, 0.3) is 0 Å². The first kappa shape index (κ1) is 11.9. The van der Waals surface area contributed by atoms with Gasteiger partial charge in [0.25, 0.3) is 0 Å². The molecule has 2 unspecified atom stereocenters. The highest BCUT2D eigenvalue weighted by atomic mass is 79.9. The molecule has 16 heavy (non-hydrogen) atoms. The molecular formula is C13H18BrNO. The number of ether oxygens (including phenoxy) is 1. The maximum atomic E-state index is 6.22. The van der Waals surface area contributed by atoms with Gasteiger partial charge in [-0.2, -0.15) is 0 Å². The molecule has 0 radical (unpaired) electrons. The van der Waals surface area contributed by atoms with Gasteiger partial charge in [0.2, 0.25) is 0 Å². The van der Waals surface area contributed by atoms with Gasteiger partial charge in [0, 0.05) is 22.5 Å². The van der Waals surface area contributed by atoms with Crippen molar-refractivity contribution in [3.05, 3.63) is 28.2 Å². The zero-order valence-electron chi connectivity index (χ0n) is 9.96. The number of fused-ring (bicyclic) bond motifs is 1. The average Bonchev–Trinajstić information content (AvgIpc) is 2.15. The summed E-state index contributed by atoms with van der Waals surface area (Å²) in [6.07, 6.45) is 1.06. The molecule has 0 saturated heterocycles. The van der Waals surface area contributed by atoms with Crippen LogP contribution in [0, 0.1) is 5.41 Å². The third kappa shape index (κ3) is 2.11. The first-order valence-corrected chi connectivity index (χ1v) is 6.39. The van der Waals surface area contributed by atoms with Crippen LogP contribution in [0.4, 0.5) is 0 Å². The molecule has 0 aliphatic carbocycles. The zero-order valence-corrected chi connectivity index (χ0v) is 11.5. The van der Waals surface area contributed by atoms with E-state index in [0.29, 0.717) is 0 Å². The van der Waals surface area contributed by atoms with E-state index >= 15 is 0 Å². The van der Waals surface area contributed by atoms with Gasteiger partial charge < -0.3 is 10.5 Å². The molecule has 1 heterocycles. The van der Waals surface area contributed by atoms with Crippen LogP contribution >= 0.6 is 15.9 Å². The van der Waals surface area contributed by atoms with Crippen LogP contribution in [0.15, 0.2) is 22.7 Å². The Morgan fingerprint density at radius 2 is 2.06 bits per heavy atom. The summed E-state index contributed by atoms with van der Waals surface area (Å²) >= 11 is 3.53. The Morgan fingerprint density at radius 3 is 2.69 bits per heavy atom. The van der Waals surface area contributed by atoms with E-state index in [1.54, 1.807) is 0 Å². The molecule has 1 aliphatic heterocycles. The number of halogens is 1. The minimum Gasteiger partial charge on any atom is -0.489 e. The minimum absolute atomic E-state index is 0.0588. The lowest BCUT2D eigenvalue weighted by atomic mass is 9.82. The highest BCUT2D eigenvalue weighted by molar-refractivity contribution is 9.10. The van der Waals surface area contributed by atoms with Gasteiger partial charge in [0.15, 0.2) is 0 Å². The summed E-state index contributed by atoms with van der Waals surface area (Å²) in [5, 5.41) is 0. The maximum absolute atomic E-state index is 6.22. The van der Waals surface area contributed by atoms with Crippen molar-refractivity contribution in [2.45, 2.75) is 39.3 Å². The Bertz CT molecular complexity index is 397. The summed E-state index contributed by atoms with van der Waals surface area (Å²) < 4.78 is 7.08. The zero-order chi connectivity index (χ0) is 11.9. The first-order valence-electron chi connectivity index (χ1n) is 5.60. The Morgan fingerprint density at radius 1 is 1.38 bits per heavy atom. The lowest BCUT2D eigenvalue weighted by Gasteiger charge is -2.38. The van der Waals surface area contributed by atoms with Crippen molar-refractivity contribution in [3.63, 3.8) is 0 Å². The van der Waals surface area contributed by atoms with Gasteiger partial charge in [0.05, 0.1) is 0 Å². The molecule has 0 amide bonds. The first-order chi connectivity index (χ1) is 7.39. The van der Waals surface area contributed by atoms with Gasteiger partial charge >= 0.3 is 0 Å². The average molecular weight is 284 g/mol. The summed E-state index contributed by atoms with van der Waals surface area (Å²) in [5.41, 5.74) is 7.45. The van der Waals surface area contributed by atoms with Gasteiger partial charge in [-0.05, 0) is 17.5 Å². The quantitative estimate of drug-likeness (QED) is 0.789. The fourth-order valence-electron chi connectivity index (χ4n) is 2.06. The van der Waals surface area contributed by atoms with E-state index in [1.165, 1.54) is 0 Å². The van der Waals surface area contributed by atoms with Crippen LogP contribution < -0.4 is 10.5 Å². The summed E-state index contributed by atoms with van der Waals surface area (Å²) in [6.45, 7) is 6.56. The van der Waals surface area contributed by atoms with Crippen molar-refractivity contribution in [2.24, 2.45) is 11.1 Å². The van der Waals surface area contributed by atoms with Crippen LogP contribution in [0.2, 0.25) is 0 Å². The molecule has 3 heteroatoms. The number of hydrogen-bond donors (Lipinski definition) is 1. The molecular weight excluding hydrogens is 266 g/mol. The van der Waals surface area contributed by atoms with E-state index in [0.717, 1.165) is 22.2 Å². The Labute approximate surface area is 105 Å². The number of nitrogens with two attached hydrogens (primary N) is 1. The largest absolute Gasteiger partial charge is 0.489 e. The molecule has 0 fully saturated rings. The normalized spacial score (nSPS) is 24.8. The molecule has 0 saturated carbocycles. The second-order valence-corrected chi connectivity index (χ2v) is 6.32. The van der Waals surface area contributed by atoms with Gasteiger partial charge in [0.1, 0.15) is 11.9 Å². The molecule has 0 spiro atoms. The smallest absolute Gasteiger partial charge is 0.125 e. The van der Waals surface area contributed by atoms with Crippen LogP contribution in [0.3, 0.4) is 0 Å². The summed E-state index contributed by atoms with van der Waals surface area (Å²) in [4.78, 5) is 0. The predicted molar refractivity (Wildman–Crippen MR) is 69.6 cm³/mol. The molecule has 2 rings (SSSR count). The molecule has 0 bridgehead atoms. The monoisotopic (exact) mass is 283 g/mol. The second kappa shape index (κ2) is 4.04. The van der Waals surface area contributed by atoms with Crippen molar-refractivity contribution in [3.8, 4) is 5.75 Å². The van der Waals surface area contributed by atoms with E-state index in [2.05, 4.69) is 36.7 Å². The number of hydrogen-bond acceptors (Lipinski definition) is 2. The third-order valence-corrected chi connectivity index (χ3v) is 3.78. The van der Waals surface area contributed by atoms with E-state index in [1.807, 2.05) is 18.2 Å². The standard InChI is InChI=1S/C13H18BrNO/c1-13(2,3)11-7-9(15)12-8(14)5-4-6-10(12)16-11/h4-6,9,11H,7,15H2,1-3H3. The van der Waals surface area contributed by atoms with E-state index in [4.69, 9.17) is 10.5 Å². The highest BCUT2D eigenvalue weighted by Gasteiger charge is 2.34. The Hall–Kier alpha value is -0.540. The van der Waals surface area contributed by atoms with Gasteiger partial charge in [-0.25, -0.2) is 0 Å². The van der Waals surface area contributed by atoms with E-state index in [-0.39, 0.29) is 17.6 Å². The van der Waals surface area contributed by atoms with Gasteiger partial charge in [-0.15, -0.1) is 0 Å². The lowest BCUT2D eigenvalue weighted by molar-refractivity contribution is 0.0579. The molecule has 88 valence electrons. The van der Waals surface area contributed by atoms with Crippen LogP contribution in [0.1, 0.15) is 38.8 Å². The summed E-state index contributed by atoms with van der Waals surface area (Å²) in [7, 11) is 0. The van der Waals surface area contributed by atoms with E-state index in [9.17, 15) is 0 Å². The molecule has 2 N–H and O–H groups in total. The molecule has 2 atom stereocenters. The fourth-order valence-corrected chi connectivity index (χ4v) is 2.70. The Kier molecular flexibility index (Phi) is 3.01. The number of benzene rings is 1. The summed E-state index contributed by atoms with van der Waals surface area (Å²) in [5.74, 6) is 0.924. The maximum Gasteiger partial charge on any atom is 0.125 e. The van der Waals surface area contributed by atoms with Crippen molar-refractivity contribution in [2.75, 3.05) is 0 Å².